The summed E-state index contributed by atoms with van der Waals surface area (Å²) in [6.45, 7) is 4.50. The number of rotatable bonds is 8. The number of hydrazone groups is 1. The standard InChI is InChI=1S/C25H26N2O3/c1-18-9-11-22(19(2)13-18)15-25(28)27-26-16-21-10-12-23(24(14-21)29-3)30-17-20-7-5-4-6-8-20/h4-14,16H,15,17H2,1-3H3,(H,27,28)/b26-16+. The molecule has 0 spiro atoms. The number of aryl methyl sites for hydroxylation is 2. The monoisotopic (exact) mass is 402 g/mol. The minimum Gasteiger partial charge on any atom is -0.493 e. The lowest BCUT2D eigenvalue weighted by molar-refractivity contribution is -0.120. The average Bonchev–Trinajstić information content (AvgIpc) is 2.75. The van der Waals surface area contributed by atoms with Crippen LogP contribution in [0.3, 0.4) is 0 Å². The van der Waals surface area contributed by atoms with Crippen molar-refractivity contribution in [1.29, 1.82) is 0 Å². The van der Waals surface area contributed by atoms with Crippen molar-refractivity contribution in [2.24, 2.45) is 5.10 Å². The van der Waals surface area contributed by atoms with Crippen LogP contribution in [0, 0.1) is 13.8 Å². The van der Waals surface area contributed by atoms with E-state index in [2.05, 4.69) is 16.6 Å². The smallest absolute Gasteiger partial charge is 0.244 e. The zero-order chi connectivity index (χ0) is 21.3. The Labute approximate surface area is 177 Å². The summed E-state index contributed by atoms with van der Waals surface area (Å²) >= 11 is 0. The molecular weight excluding hydrogens is 376 g/mol. The number of ether oxygens (including phenoxy) is 2. The molecule has 1 N–H and O–H groups in total. The Hall–Kier alpha value is -3.60. The quantitative estimate of drug-likeness (QED) is 0.443. The van der Waals surface area contributed by atoms with Crippen molar-refractivity contribution in [3.05, 3.63) is 94.5 Å². The van der Waals surface area contributed by atoms with E-state index in [1.165, 1.54) is 5.56 Å². The largest absolute Gasteiger partial charge is 0.493 e. The van der Waals surface area contributed by atoms with E-state index in [4.69, 9.17) is 9.47 Å². The van der Waals surface area contributed by atoms with E-state index in [-0.39, 0.29) is 5.91 Å². The number of carbonyl (C=O) groups is 1. The summed E-state index contributed by atoms with van der Waals surface area (Å²) in [5.41, 5.74) is 7.73. The average molecular weight is 402 g/mol. The third-order valence-electron chi connectivity index (χ3n) is 4.68. The molecular formula is C25H26N2O3. The Balaban J connectivity index is 1.57. The Morgan fingerprint density at radius 1 is 1.00 bits per heavy atom. The molecule has 0 bridgehead atoms. The Morgan fingerprint density at radius 3 is 2.53 bits per heavy atom. The van der Waals surface area contributed by atoms with Crippen molar-refractivity contribution in [3.8, 4) is 11.5 Å². The van der Waals surface area contributed by atoms with Gasteiger partial charge in [0.2, 0.25) is 5.91 Å². The van der Waals surface area contributed by atoms with Gasteiger partial charge in [0, 0.05) is 0 Å². The van der Waals surface area contributed by atoms with Gasteiger partial charge in [-0.2, -0.15) is 5.10 Å². The summed E-state index contributed by atoms with van der Waals surface area (Å²) in [5.74, 6) is 1.10. The second kappa shape index (κ2) is 10.3. The van der Waals surface area contributed by atoms with Crippen molar-refractivity contribution >= 4 is 12.1 Å². The number of hydrogen-bond donors (Lipinski definition) is 1. The molecule has 3 aromatic carbocycles. The highest BCUT2D eigenvalue weighted by Crippen LogP contribution is 2.28. The maximum absolute atomic E-state index is 12.2. The highest BCUT2D eigenvalue weighted by molar-refractivity contribution is 5.84. The van der Waals surface area contributed by atoms with Gasteiger partial charge in [-0.3, -0.25) is 4.79 Å². The molecule has 30 heavy (non-hydrogen) atoms. The van der Waals surface area contributed by atoms with Crippen LogP contribution in [0.5, 0.6) is 11.5 Å². The first-order chi connectivity index (χ1) is 14.5. The molecule has 5 heteroatoms. The van der Waals surface area contributed by atoms with Gasteiger partial charge in [-0.25, -0.2) is 5.43 Å². The zero-order valence-corrected chi connectivity index (χ0v) is 17.5. The third kappa shape index (κ3) is 5.95. The van der Waals surface area contributed by atoms with Gasteiger partial charge in [-0.1, -0.05) is 54.1 Å². The van der Waals surface area contributed by atoms with Crippen LogP contribution in [0.2, 0.25) is 0 Å². The van der Waals surface area contributed by atoms with Gasteiger partial charge in [0.15, 0.2) is 11.5 Å². The minimum atomic E-state index is -0.159. The number of methoxy groups -OCH3 is 1. The van der Waals surface area contributed by atoms with Crippen LogP contribution >= 0.6 is 0 Å². The lowest BCUT2D eigenvalue weighted by Crippen LogP contribution is -2.20. The Bertz CT molecular complexity index is 1030. The maximum atomic E-state index is 12.2. The number of benzene rings is 3. The van der Waals surface area contributed by atoms with Crippen molar-refractivity contribution in [1.82, 2.24) is 5.43 Å². The van der Waals surface area contributed by atoms with Crippen LogP contribution in [-0.2, 0) is 17.8 Å². The fourth-order valence-corrected chi connectivity index (χ4v) is 3.05. The molecule has 0 radical (unpaired) electrons. The SMILES string of the molecule is COc1cc(/C=N/NC(=O)Cc2ccc(C)cc2C)ccc1OCc1ccccc1. The van der Waals surface area contributed by atoms with E-state index in [0.29, 0.717) is 24.5 Å². The zero-order valence-electron chi connectivity index (χ0n) is 17.5. The summed E-state index contributed by atoms with van der Waals surface area (Å²) in [5, 5.41) is 4.06. The molecule has 0 aliphatic rings. The summed E-state index contributed by atoms with van der Waals surface area (Å²) in [7, 11) is 1.59. The van der Waals surface area contributed by atoms with Crippen molar-refractivity contribution in [2.75, 3.05) is 7.11 Å². The number of nitrogens with zero attached hydrogens (tertiary/aromatic N) is 1. The van der Waals surface area contributed by atoms with E-state index in [1.54, 1.807) is 13.3 Å². The third-order valence-corrected chi connectivity index (χ3v) is 4.68. The second-order valence-electron chi connectivity index (χ2n) is 7.08. The Kier molecular flexibility index (Phi) is 7.22. The fourth-order valence-electron chi connectivity index (χ4n) is 3.05. The van der Waals surface area contributed by atoms with Crippen LogP contribution in [0.25, 0.3) is 0 Å². The minimum absolute atomic E-state index is 0.159. The van der Waals surface area contributed by atoms with Gasteiger partial charge in [0.25, 0.3) is 0 Å². The fraction of sp³-hybridized carbons (Fsp3) is 0.200. The first-order valence-electron chi connectivity index (χ1n) is 9.78. The maximum Gasteiger partial charge on any atom is 0.244 e. The Morgan fingerprint density at radius 2 is 1.80 bits per heavy atom. The van der Waals surface area contributed by atoms with Crippen LogP contribution in [0.15, 0.2) is 71.8 Å². The summed E-state index contributed by atoms with van der Waals surface area (Å²) in [6.07, 6.45) is 1.88. The molecule has 0 atom stereocenters. The van der Waals surface area contributed by atoms with Gasteiger partial charge in [0.1, 0.15) is 6.61 Å². The highest BCUT2D eigenvalue weighted by Gasteiger charge is 2.07. The molecule has 0 unspecified atom stereocenters. The number of hydrogen-bond acceptors (Lipinski definition) is 4. The lowest BCUT2D eigenvalue weighted by atomic mass is 10.0. The molecule has 0 aliphatic carbocycles. The molecule has 0 saturated carbocycles. The van der Waals surface area contributed by atoms with Gasteiger partial charge >= 0.3 is 0 Å². The van der Waals surface area contributed by atoms with Crippen molar-refractivity contribution < 1.29 is 14.3 Å². The predicted molar refractivity (Wildman–Crippen MR) is 119 cm³/mol. The van der Waals surface area contributed by atoms with Crippen LogP contribution in [-0.4, -0.2) is 19.2 Å². The number of amides is 1. The molecule has 5 nitrogen and oxygen atoms in total. The van der Waals surface area contributed by atoms with Gasteiger partial charge < -0.3 is 9.47 Å². The van der Waals surface area contributed by atoms with Gasteiger partial charge in [0.05, 0.1) is 19.7 Å². The summed E-state index contributed by atoms with van der Waals surface area (Å²) in [6, 6.07) is 21.5. The molecule has 3 aromatic rings. The van der Waals surface area contributed by atoms with E-state index >= 15 is 0 Å². The second-order valence-corrected chi connectivity index (χ2v) is 7.08. The van der Waals surface area contributed by atoms with Gasteiger partial charge in [-0.05, 0) is 54.3 Å². The molecule has 154 valence electrons. The molecule has 0 aromatic heterocycles. The summed E-state index contributed by atoms with van der Waals surface area (Å²) in [4.78, 5) is 12.2. The molecule has 0 fully saturated rings. The summed E-state index contributed by atoms with van der Waals surface area (Å²) < 4.78 is 11.3. The first kappa shape index (κ1) is 21.1. The van der Waals surface area contributed by atoms with Crippen LogP contribution < -0.4 is 14.9 Å². The molecule has 0 heterocycles. The molecule has 3 rings (SSSR count). The van der Waals surface area contributed by atoms with E-state index in [0.717, 1.165) is 22.3 Å². The lowest BCUT2D eigenvalue weighted by Gasteiger charge is -2.11. The van der Waals surface area contributed by atoms with Crippen LogP contribution in [0.4, 0.5) is 0 Å². The number of nitrogens with one attached hydrogen (secondary N) is 1. The van der Waals surface area contributed by atoms with Gasteiger partial charge in [-0.15, -0.1) is 0 Å². The van der Waals surface area contributed by atoms with Crippen LogP contribution in [0.1, 0.15) is 27.8 Å². The molecule has 1 amide bonds. The van der Waals surface area contributed by atoms with E-state index < -0.39 is 0 Å². The number of carbonyl (C=O) groups excluding carboxylic acids is 1. The topological polar surface area (TPSA) is 59.9 Å². The normalized spacial score (nSPS) is 10.8. The van der Waals surface area contributed by atoms with E-state index in [9.17, 15) is 4.79 Å². The predicted octanol–water partition coefficient (Wildman–Crippen LogP) is 4.58. The molecule has 0 saturated heterocycles. The first-order valence-corrected chi connectivity index (χ1v) is 9.78. The highest BCUT2D eigenvalue weighted by atomic mass is 16.5. The van der Waals surface area contributed by atoms with Crippen molar-refractivity contribution in [3.63, 3.8) is 0 Å². The van der Waals surface area contributed by atoms with Crippen molar-refractivity contribution in [2.45, 2.75) is 26.9 Å². The molecule has 0 aliphatic heterocycles. The van der Waals surface area contributed by atoms with E-state index in [1.807, 2.05) is 74.5 Å².